The maximum atomic E-state index is 11.9. The lowest BCUT2D eigenvalue weighted by Crippen LogP contribution is -2.03. The van der Waals surface area contributed by atoms with Crippen molar-refractivity contribution >= 4 is 22.5 Å². The van der Waals surface area contributed by atoms with Crippen molar-refractivity contribution in [1.29, 1.82) is 0 Å². The van der Waals surface area contributed by atoms with E-state index in [0.717, 1.165) is 0 Å². The largest absolute Gasteiger partial charge is 0.610 e. The zero-order chi connectivity index (χ0) is 9.35. The van der Waals surface area contributed by atoms with Crippen molar-refractivity contribution < 1.29 is 17.7 Å². The average molecular weight is 216 g/mol. The number of rotatable bonds is 1. The van der Waals surface area contributed by atoms with Gasteiger partial charge in [-0.25, -0.2) is 0 Å². The van der Waals surface area contributed by atoms with Crippen LogP contribution in [0.15, 0.2) is 4.34 Å². The summed E-state index contributed by atoms with van der Waals surface area (Å²) in [6, 6.07) is 0. The van der Waals surface area contributed by atoms with E-state index in [1.54, 1.807) is 0 Å². The molecule has 0 radical (unpaired) electrons. The maximum Gasteiger partial charge on any atom is 0.445 e. The highest BCUT2D eigenvalue weighted by Gasteiger charge is 2.36. The van der Waals surface area contributed by atoms with Gasteiger partial charge in [0.25, 0.3) is 0 Å². The van der Waals surface area contributed by atoms with Gasteiger partial charge in [-0.05, 0) is 11.3 Å². The fraction of sp³-hybridized carbons (Fsp3) is 0.500. The molecule has 0 spiro atoms. The first-order valence-corrected chi connectivity index (χ1v) is 5.03. The normalized spacial score (nSPS) is 14.8. The third-order valence-corrected chi connectivity index (χ3v) is 3.19. The molecular weight excluding hydrogens is 213 g/mol. The Balaban J connectivity index is 2.92. The molecule has 0 fully saturated rings. The topological polar surface area (TPSA) is 48.8 Å². The third kappa shape index (κ3) is 2.08. The summed E-state index contributed by atoms with van der Waals surface area (Å²) in [6.45, 7) is 0. The Morgan fingerprint density at radius 3 is 2.25 bits per heavy atom. The zero-order valence-electron chi connectivity index (χ0n) is 5.75. The van der Waals surface area contributed by atoms with Crippen molar-refractivity contribution in [2.24, 2.45) is 0 Å². The molecule has 0 saturated carbocycles. The summed E-state index contributed by atoms with van der Waals surface area (Å²) in [5.41, 5.74) is 0. The molecule has 0 saturated heterocycles. The van der Waals surface area contributed by atoms with E-state index in [1.807, 2.05) is 0 Å². The molecule has 1 atom stereocenters. The Morgan fingerprint density at radius 2 is 2.00 bits per heavy atom. The zero-order valence-corrected chi connectivity index (χ0v) is 7.39. The van der Waals surface area contributed by atoms with Crippen LogP contribution in [0, 0.1) is 0 Å². The quantitative estimate of drug-likeness (QED) is 0.665. The second-order valence-corrected chi connectivity index (χ2v) is 4.36. The van der Waals surface area contributed by atoms with E-state index >= 15 is 0 Å². The van der Waals surface area contributed by atoms with Crippen molar-refractivity contribution in [3.05, 3.63) is 5.01 Å². The minimum Gasteiger partial charge on any atom is -0.610 e. The van der Waals surface area contributed by atoms with Crippen molar-refractivity contribution in [2.75, 3.05) is 6.26 Å². The van der Waals surface area contributed by atoms with E-state index in [2.05, 4.69) is 10.2 Å². The summed E-state index contributed by atoms with van der Waals surface area (Å²) in [7, 11) is 0. The summed E-state index contributed by atoms with van der Waals surface area (Å²) in [5.74, 6) is 0. The summed E-state index contributed by atoms with van der Waals surface area (Å²) >= 11 is -1.20. The van der Waals surface area contributed by atoms with Gasteiger partial charge in [-0.15, -0.1) is 5.10 Å². The van der Waals surface area contributed by atoms with Crippen LogP contribution in [0.5, 0.6) is 0 Å². The van der Waals surface area contributed by atoms with Gasteiger partial charge in [0, 0.05) is 11.2 Å². The molecule has 8 heteroatoms. The average Bonchev–Trinajstić information content (AvgIpc) is 2.30. The lowest BCUT2D eigenvalue weighted by atomic mass is 10.7. The molecule has 0 N–H and O–H groups in total. The van der Waals surface area contributed by atoms with E-state index in [-0.39, 0.29) is 4.34 Å². The van der Waals surface area contributed by atoms with Gasteiger partial charge in [-0.1, -0.05) is 5.10 Å². The summed E-state index contributed by atoms with van der Waals surface area (Å²) in [5, 5.41) is 4.93. The summed E-state index contributed by atoms with van der Waals surface area (Å²) in [4.78, 5) is 0. The standard InChI is InChI=1S/C4H3F3N2OS2/c1-12(10)3-9-8-2(11-3)4(5,6)7/h1H3. The Morgan fingerprint density at radius 1 is 1.42 bits per heavy atom. The van der Waals surface area contributed by atoms with Crippen LogP contribution >= 0.6 is 11.3 Å². The molecule has 0 amide bonds. The predicted molar refractivity (Wildman–Crippen MR) is 37.2 cm³/mol. The van der Waals surface area contributed by atoms with Gasteiger partial charge in [0.05, 0.1) is 0 Å². The predicted octanol–water partition coefficient (Wildman–Crippen LogP) is 1.29. The second-order valence-electron chi connectivity index (χ2n) is 1.83. The number of aromatic nitrogens is 2. The lowest BCUT2D eigenvalue weighted by Gasteiger charge is -1.97. The van der Waals surface area contributed by atoms with Crippen LogP contribution in [-0.2, 0) is 17.4 Å². The second kappa shape index (κ2) is 3.19. The van der Waals surface area contributed by atoms with Crippen LogP contribution in [0.3, 0.4) is 0 Å². The molecule has 12 heavy (non-hydrogen) atoms. The molecular formula is C4H3F3N2OS2. The highest BCUT2D eigenvalue weighted by molar-refractivity contribution is 7.92. The van der Waals surface area contributed by atoms with Crippen molar-refractivity contribution in [1.82, 2.24) is 10.2 Å². The van der Waals surface area contributed by atoms with Crippen LogP contribution in [0.25, 0.3) is 0 Å². The number of hydrogen-bond donors (Lipinski definition) is 0. The Labute approximate surface area is 72.8 Å². The Bertz CT molecular complexity index is 272. The fourth-order valence-corrected chi connectivity index (χ4v) is 1.75. The highest BCUT2D eigenvalue weighted by Crippen LogP contribution is 2.32. The van der Waals surface area contributed by atoms with Crippen LogP contribution in [0.1, 0.15) is 5.01 Å². The van der Waals surface area contributed by atoms with Gasteiger partial charge in [0.15, 0.2) is 0 Å². The molecule has 0 bridgehead atoms. The van der Waals surface area contributed by atoms with Gasteiger partial charge < -0.3 is 4.55 Å². The molecule has 0 aliphatic carbocycles. The highest BCUT2D eigenvalue weighted by atomic mass is 32.2. The van der Waals surface area contributed by atoms with Crippen molar-refractivity contribution in [2.45, 2.75) is 10.5 Å². The smallest absolute Gasteiger partial charge is 0.445 e. The lowest BCUT2D eigenvalue weighted by molar-refractivity contribution is -0.138. The molecule has 1 heterocycles. The van der Waals surface area contributed by atoms with Crippen LogP contribution < -0.4 is 0 Å². The van der Waals surface area contributed by atoms with E-state index < -0.39 is 22.4 Å². The maximum absolute atomic E-state index is 11.9. The van der Waals surface area contributed by atoms with E-state index in [9.17, 15) is 17.7 Å². The molecule has 0 aromatic carbocycles. The molecule has 3 nitrogen and oxygen atoms in total. The first-order chi connectivity index (χ1) is 5.41. The van der Waals surface area contributed by atoms with Crippen LogP contribution in [0.4, 0.5) is 13.2 Å². The SMILES string of the molecule is C[S+]([O-])c1nnc(C(F)(F)F)s1. The van der Waals surface area contributed by atoms with Gasteiger partial charge in [0.2, 0.25) is 5.01 Å². The van der Waals surface area contributed by atoms with Crippen molar-refractivity contribution in [3.63, 3.8) is 0 Å². The summed E-state index contributed by atoms with van der Waals surface area (Å²) < 4.78 is 46.1. The molecule has 0 aliphatic heterocycles. The van der Waals surface area contributed by atoms with Crippen LogP contribution in [-0.4, -0.2) is 21.0 Å². The first kappa shape index (κ1) is 9.75. The molecule has 0 aliphatic rings. The van der Waals surface area contributed by atoms with E-state index in [0.29, 0.717) is 11.3 Å². The van der Waals surface area contributed by atoms with Gasteiger partial charge in [0.1, 0.15) is 6.26 Å². The molecule has 1 aromatic heterocycles. The van der Waals surface area contributed by atoms with Crippen LogP contribution in [0.2, 0.25) is 0 Å². The van der Waals surface area contributed by atoms with Gasteiger partial charge in [-0.2, -0.15) is 13.2 Å². The Hall–Kier alpha value is -0.340. The minimum absolute atomic E-state index is 0.109. The molecule has 68 valence electrons. The summed E-state index contributed by atoms with van der Waals surface area (Å²) in [6.07, 6.45) is -3.24. The molecule has 1 aromatic rings. The Kier molecular flexibility index (Phi) is 2.59. The molecule has 1 unspecified atom stereocenters. The minimum atomic E-state index is -4.49. The number of nitrogens with zero attached hydrogens (tertiary/aromatic N) is 2. The van der Waals surface area contributed by atoms with E-state index in [1.165, 1.54) is 6.26 Å². The van der Waals surface area contributed by atoms with Gasteiger partial charge in [-0.3, -0.25) is 0 Å². The monoisotopic (exact) mass is 216 g/mol. The van der Waals surface area contributed by atoms with Crippen molar-refractivity contribution in [3.8, 4) is 0 Å². The fourth-order valence-electron chi connectivity index (χ4n) is 0.440. The van der Waals surface area contributed by atoms with Gasteiger partial charge >= 0.3 is 10.5 Å². The number of halogens is 3. The van der Waals surface area contributed by atoms with E-state index in [4.69, 9.17) is 0 Å². The third-order valence-electron chi connectivity index (χ3n) is 0.895. The number of hydrogen-bond acceptors (Lipinski definition) is 4. The first-order valence-electron chi connectivity index (χ1n) is 2.65. The number of alkyl halides is 3. The molecule has 1 rings (SSSR count).